The highest BCUT2D eigenvalue weighted by Gasteiger charge is 2.49. The number of H-pyrrole nitrogens is 1. The molecule has 1 aliphatic heterocycles. The van der Waals surface area contributed by atoms with E-state index in [1.54, 1.807) is 0 Å². The summed E-state index contributed by atoms with van der Waals surface area (Å²) in [6.07, 6.45) is 11.6. The molecule has 0 radical (unpaired) electrons. The highest BCUT2D eigenvalue weighted by atomic mass is 16.5. The van der Waals surface area contributed by atoms with Crippen molar-refractivity contribution in [3.8, 4) is 17.4 Å². The van der Waals surface area contributed by atoms with Gasteiger partial charge in [-0.2, -0.15) is 4.98 Å². The zero-order chi connectivity index (χ0) is 17.3. The van der Waals surface area contributed by atoms with Gasteiger partial charge in [0.15, 0.2) is 0 Å². The topological polar surface area (TPSA) is 79.9 Å². The van der Waals surface area contributed by atoms with E-state index in [-0.39, 0.29) is 17.6 Å². The summed E-state index contributed by atoms with van der Waals surface area (Å²) < 4.78 is 6.01. The second-order valence-corrected chi connectivity index (χ2v) is 8.29. The van der Waals surface area contributed by atoms with Crippen molar-refractivity contribution in [2.75, 3.05) is 0 Å². The first-order valence-electron chi connectivity index (χ1n) is 9.80. The van der Waals surface area contributed by atoms with Crippen LogP contribution in [0.2, 0.25) is 0 Å². The quantitative estimate of drug-likeness (QED) is 0.873. The Labute approximate surface area is 151 Å². The van der Waals surface area contributed by atoms with Gasteiger partial charge < -0.3 is 15.0 Å². The fourth-order valence-corrected chi connectivity index (χ4v) is 4.86. The second kappa shape index (κ2) is 5.09. The SMILES string of the molecule is O=C1NC2(CC2)Cc2[nH]c3c(c21)CCc1cnc(OC2CCCC2)nc1-3. The third-order valence-electron chi connectivity index (χ3n) is 6.45. The van der Waals surface area contributed by atoms with Crippen LogP contribution in [0.1, 0.15) is 65.7 Å². The van der Waals surface area contributed by atoms with E-state index in [0.29, 0.717) is 6.01 Å². The molecule has 3 heterocycles. The lowest BCUT2D eigenvalue weighted by atomic mass is 9.90. The molecule has 0 atom stereocenters. The largest absolute Gasteiger partial charge is 0.460 e. The fourth-order valence-electron chi connectivity index (χ4n) is 4.86. The number of hydrogen-bond donors (Lipinski definition) is 2. The molecule has 6 heteroatoms. The van der Waals surface area contributed by atoms with Crippen LogP contribution in [-0.4, -0.2) is 32.5 Å². The van der Waals surface area contributed by atoms with Crippen LogP contribution in [-0.2, 0) is 19.3 Å². The van der Waals surface area contributed by atoms with Crippen molar-refractivity contribution in [3.63, 3.8) is 0 Å². The third-order valence-corrected chi connectivity index (χ3v) is 6.45. The van der Waals surface area contributed by atoms with Crippen LogP contribution in [0.25, 0.3) is 11.4 Å². The predicted octanol–water partition coefficient (Wildman–Crippen LogP) is 2.71. The number of ether oxygens (including phenoxy) is 1. The number of aromatic nitrogens is 3. The van der Waals surface area contributed by atoms with Crippen LogP contribution in [0.15, 0.2) is 6.20 Å². The first kappa shape index (κ1) is 14.8. The zero-order valence-electron chi connectivity index (χ0n) is 14.7. The fraction of sp³-hybridized carbons (Fsp3) is 0.550. The Morgan fingerprint density at radius 3 is 2.85 bits per heavy atom. The normalized spacial score (nSPS) is 22.5. The number of aromatic amines is 1. The van der Waals surface area contributed by atoms with E-state index >= 15 is 0 Å². The van der Waals surface area contributed by atoms with Gasteiger partial charge in [0, 0.05) is 23.9 Å². The molecule has 0 unspecified atom stereocenters. The standard InChI is InChI=1S/C20H22N4O2/c25-18-15-13-6-5-11-10-21-19(26-12-3-1-2-4-12)23-16(11)17(13)22-14(15)9-20(24-18)7-8-20/h10,12,22H,1-9H2,(H,24,25). The molecule has 1 spiro atoms. The van der Waals surface area contributed by atoms with E-state index in [2.05, 4.69) is 15.3 Å². The summed E-state index contributed by atoms with van der Waals surface area (Å²) in [4.78, 5) is 25.4. The Balaban J connectivity index is 1.41. The molecule has 2 aromatic heterocycles. The second-order valence-electron chi connectivity index (χ2n) is 8.29. The Morgan fingerprint density at radius 1 is 1.19 bits per heavy atom. The molecule has 3 aliphatic carbocycles. The molecule has 134 valence electrons. The van der Waals surface area contributed by atoms with Gasteiger partial charge >= 0.3 is 6.01 Å². The summed E-state index contributed by atoms with van der Waals surface area (Å²) in [5, 5.41) is 3.23. The number of aryl methyl sites for hydroxylation is 1. The molecule has 2 aromatic rings. The molecule has 2 fully saturated rings. The van der Waals surface area contributed by atoms with Gasteiger partial charge in [0.1, 0.15) is 6.10 Å². The first-order valence-corrected chi connectivity index (χ1v) is 9.80. The van der Waals surface area contributed by atoms with Gasteiger partial charge in [0.25, 0.3) is 5.91 Å². The van der Waals surface area contributed by atoms with E-state index < -0.39 is 0 Å². The van der Waals surface area contributed by atoms with Crippen molar-refractivity contribution in [1.82, 2.24) is 20.3 Å². The van der Waals surface area contributed by atoms with Gasteiger partial charge in [-0.15, -0.1) is 0 Å². The predicted molar refractivity (Wildman–Crippen MR) is 95.2 cm³/mol. The summed E-state index contributed by atoms with van der Waals surface area (Å²) in [7, 11) is 0. The Morgan fingerprint density at radius 2 is 2.04 bits per heavy atom. The van der Waals surface area contributed by atoms with Gasteiger partial charge in [0.05, 0.1) is 17.0 Å². The van der Waals surface area contributed by atoms with E-state index in [9.17, 15) is 4.79 Å². The summed E-state index contributed by atoms with van der Waals surface area (Å²) in [6, 6.07) is 0.471. The summed E-state index contributed by atoms with van der Waals surface area (Å²) in [5.41, 5.74) is 6.13. The molecule has 26 heavy (non-hydrogen) atoms. The highest BCUT2D eigenvalue weighted by Crippen LogP contribution is 2.45. The van der Waals surface area contributed by atoms with Crippen LogP contribution in [0, 0.1) is 0 Å². The molecule has 0 bridgehead atoms. The third kappa shape index (κ3) is 2.14. The van der Waals surface area contributed by atoms with Crippen molar-refractivity contribution in [2.45, 2.75) is 69.4 Å². The lowest BCUT2D eigenvalue weighted by Crippen LogP contribution is -2.43. The lowest BCUT2D eigenvalue weighted by molar-refractivity contribution is 0.0917. The van der Waals surface area contributed by atoms with Gasteiger partial charge in [-0.3, -0.25) is 4.79 Å². The van der Waals surface area contributed by atoms with E-state index in [1.807, 2.05) is 6.20 Å². The average Bonchev–Trinajstić information content (AvgIpc) is 3.05. The van der Waals surface area contributed by atoms with Gasteiger partial charge in [-0.05, 0) is 62.5 Å². The van der Waals surface area contributed by atoms with E-state index in [4.69, 9.17) is 9.72 Å². The molecule has 6 rings (SSSR count). The Hall–Kier alpha value is -2.37. The number of hydrogen-bond acceptors (Lipinski definition) is 4. The van der Waals surface area contributed by atoms with Crippen molar-refractivity contribution < 1.29 is 9.53 Å². The number of rotatable bonds is 2. The molecule has 0 aromatic carbocycles. The molecule has 1 amide bonds. The molecular formula is C20H22N4O2. The Bertz CT molecular complexity index is 922. The molecular weight excluding hydrogens is 328 g/mol. The number of nitrogens with zero attached hydrogens (tertiary/aromatic N) is 2. The van der Waals surface area contributed by atoms with Crippen molar-refractivity contribution in [1.29, 1.82) is 0 Å². The summed E-state index contributed by atoms with van der Waals surface area (Å²) in [5.74, 6) is 0.0844. The van der Waals surface area contributed by atoms with Crippen molar-refractivity contribution >= 4 is 5.91 Å². The average molecular weight is 350 g/mol. The van der Waals surface area contributed by atoms with Crippen LogP contribution in [0.4, 0.5) is 0 Å². The van der Waals surface area contributed by atoms with E-state index in [0.717, 1.165) is 78.7 Å². The number of carbonyl (C=O) groups excluding carboxylic acids is 1. The minimum atomic E-state index is 0.0166. The number of nitrogens with one attached hydrogen (secondary N) is 2. The number of amides is 1. The number of carbonyl (C=O) groups is 1. The molecule has 4 aliphatic rings. The molecule has 2 N–H and O–H groups in total. The zero-order valence-corrected chi connectivity index (χ0v) is 14.7. The smallest absolute Gasteiger partial charge is 0.317 e. The van der Waals surface area contributed by atoms with Gasteiger partial charge in [-0.25, -0.2) is 4.98 Å². The maximum absolute atomic E-state index is 12.7. The Kier molecular flexibility index (Phi) is 2.89. The molecule has 0 saturated heterocycles. The van der Waals surface area contributed by atoms with E-state index in [1.165, 1.54) is 12.8 Å². The van der Waals surface area contributed by atoms with Gasteiger partial charge in [0.2, 0.25) is 0 Å². The molecule has 6 nitrogen and oxygen atoms in total. The number of fused-ring (bicyclic) bond motifs is 5. The monoisotopic (exact) mass is 350 g/mol. The van der Waals surface area contributed by atoms with Gasteiger partial charge in [-0.1, -0.05) is 0 Å². The maximum Gasteiger partial charge on any atom is 0.317 e. The van der Waals surface area contributed by atoms with Crippen LogP contribution >= 0.6 is 0 Å². The van der Waals surface area contributed by atoms with Crippen molar-refractivity contribution in [3.05, 3.63) is 28.6 Å². The first-order chi connectivity index (χ1) is 12.7. The maximum atomic E-state index is 12.7. The highest BCUT2D eigenvalue weighted by molar-refractivity contribution is 6.01. The van der Waals surface area contributed by atoms with Crippen LogP contribution in [0.3, 0.4) is 0 Å². The summed E-state index contributed by atoms with van der Waals surface area (Å²) >= 11 is 0. The van der Waals surface area contributed by atoms with Crippen molar-refractivity contribution in [2.24, 2.45) is 0 Å². The molecule has 2 saturated carbocycles. The van der Waals surface area contributed by atoms with Crippen LogP contribution < -0.4 is 10.1 Å². The van der Waals surface area contributed by atoms with Crippen LogP contribution in [0.5, 0.6) is 6.01 Å². The lowest BCUT2D eigenvalue weighted by Gasteiger charge is -2.23. The minimum absolute atomic E-state index is 0.0166. The summed E-state index contributed by atoms with van der Waals surface area (Å²) in [6.45, 7) is 0. The minimum Gasteiger partial charge on any atom is -0.460 e.